The van der Waals surface area contributed by atoms with Crippen molar-refractivity contribution in [2.75, 3.05) is 18.6 Å². The number of piperazine rings is 1. The van der Waals surface area contributed by atoms with Gasteiger partial charge < -0.3 is 14.7 Å². The Morgan fingerprint density at radius 1 is 1.39 bits per heavy atom. The molecular formula is C19H23FN4O3S. The summed E-state index contributed by atoms with van der Waals surface area (Å²) in [6, 6.07) is 4.86. The SMILES string of the molecule is CSC[C@H]1CN(C(=O)c2noc(-c3ccc(F)cc3)n2)[C@@H](CC(C)C)C(=O)N1. The van der Waals surface area contributed by atoms with Crippen LogP contribution in [-0.2, 0) is 4.79 Å². The third-order valence-electron chi connectivity index (χ3n) is 4.47. The van der Waals surface area contributed by atoms with Gasteiger partial charge in [0.1, 0.15) is 11.9 Å². The monoisotopic (exact) mass is 406 g/mol. The van der Waals surface area contributed by atoms with E-state index in [0.29, 0.717) is 24.3 Å². The van der Waals surface area contributed by atoms with Crippen LogP contribution < -0.4 is 5.32 Å². The van der Waals surface area contributed by atoms with Gasteiger partial charge in [-0.1, -0.05) is 19.0 Å². The van der Waals surface area contributed by atoms with Gasteiger partial charge in [0, 0.05) is 17.9 Å². The van der Waals surface area contributed by atoms with Crippen molar-refractivity contribution in [3.63, 3.8) is 0 Å². The summed E-state index contributed by atoms with van der Waals surface area (Å²) in [5.41, 5.74) is 0.517. The zero-order chi connectivity index (χ0) is 20.3. The van der Waals surface area contributed by atoms with Gasteiger partial charge in [0.05, 0.1) is 6.04 Å². The highest BCUT2D eigenvalue weighted by Gasteiger charge is 2.39. The number of thioether (sulfide) groups is 1. The van der Waals surface area contributed by atoms with E-state index in [4.69, 9.17) is 4.52 Å². The maximum atomic E-state index is 13.1. The van der Waals surface area contributed by atoms with Crippen LogP contribution in [0.2, 0.25) is 0 Å². The minimum atomic E-state index is -0.571. The van der Waals surface area contributed by atoms with Crippen LogP contribution in [0, 0.1) is 11.7 Å². The Hall–Kier alpha value is -2.42. The number of benzene rings is 1. The fourth-order valence-electron chi connectivity index (χ4n) is 3.20. The van der Waals surface area contributed by atoms with Crippen LogP contribution in [0.25, 0.3) is 11.5 Å². The van der Waals surface area contributed by atoms with E-state index in [2.05, 4.69) is 15.5 Å². The third kappa shape index (κ3) is 4.52. The van der Waals surface area contributed by atoms with E-state index in [-0.39, 0.29) is 35.4 Å². The number of hydrogen-bond acceptors (Lipinski definition) is 6. The summed E-state index contributed by atoms with van der Waals surface area (Å²) >= 11 is 1.60. The van der Waals surface area contributed by atoms with E-state index >= 15 is 0 Å². The second kappa shape index (κ2) is 8.72. The number of halogens is 1. The summed E-state index contributed by atoms with van der Waals surface area (Å²) < 4.78 is 18.3. The van der Waals surface area contributed by atoms with Crippen LogP contribution in [0.1, 0.15) is 30.9 Å². The molecule has 0 radical (unpaired) electrons. The maximum absolute atomic E-state index is 13.1. The van der Waals surface area contributed by atoms with Crippen molar-refractivity contribution < 1.29 is 18.5 Å². The average Bonchev–Trinajstić information content (AvgIpc) is 3.14. The molecule has 1 aromatic heterocycles. The molecule has 3 rings (SSSR count). The predicted octanol–water partition coefficient (Wildman–Crippen LogP) is 2.59. The number of nitrogens with one attached hydrogen (secondary N) is 1. The van der Waals surface area contributed by atoms with Gasteiger partial charge in [0.2, 0.25) is 5.91 Å². The van der Waals surface area contributed by atoms with Crippen molar-refractivity contribution in [2.24, 2.45) is 5.92 Å². The molecule has 1 aliphatic heterocycles. The molecular weight excluding hydrogens is 383 g/mol. The summed E-state index contributed by atoms with van der Waals surface area (Å²) in [5, 5.41) is 6.78. The summed E-state index contributed by atoms with van der Waals surface area (Å²) in [7, 11) is 0. The molecule has 1 aliphatic rings. The first-order chi connectivity index (χ1) is 13.4. The number of nitrogens with zero attached hydrogens (tertiary/aromatic N) is 3. The van der Waals surface area contributed by atoms with Gasteiger partial charge >= 0.3 is 0 Å². The highest BCUT2D eigenvalue weighted by molar-refractivity contribution is 7.98. The molecule has 0 bridgehead atoms. The zero-order valence-corrected chi connectivity index (χ0v) is 16.8. The largest absolute Gasteiger partial charge is 0.349 e. The number of rotatable bonds is 6. The van der Waals surface area contributed by atoms with Gasteiger partial charge in [-0.15, -0.1) is 0 Å². The van der Waals surface area contributed by atoms with Gasteiger partial charge in [-0.2, -0.15) is 16.7 Å². The number of carbonyl (C=O) groups is 2. The second-order valence-electron chi connectivity index (χ2n) is 7.19. The van der Waals surface area contributed by atoms with Crippen LogP contribution in [0.4, 0.5) is 4.39 Å². The predicted molar refractivity (Wildman–Crippen MR) is 104 cm³/mol. The normalized spacial score (nSPS) is 19.8. The number of carbonyl (C=O) groups excluding carboxylic acids is 2. The molecule has 2 heterocycles. The highest BCUT2D eigenvalue weighted by atomic mass is 32.2. The molecule has 7 nitrogen and oxygen atoms in total. The summed E-state index contributed by atoms with van der Waals surface area (Å²) in [4.78, 5) is 31.4. The van der Waals surface area contributed by atoms with E-state index < -0.39 is 11.9 Å². The van der Waals surface area contributed by atoms with Crippen LogP contribution in [-0.4, -0.2) is 57.5 Å². The lowest BCUT2D eigenvalue weighted by atomic mass is 9.98. The molecule has 2 aromatic rings. The Morgan fingerprint density at radius 3 is 2.75 bits per heavy atom. The van der Waals surface area contributed by atoms with Gasteiger partial charge in [-0.05, 0) is 42.9 Å². The lowest BCUT2D eigenvalue weighted by Gasteiger charge is -2.39. The van der Waals surface area contributed by atoms with Crippen molar-refractivity contribution in [3.8, 4) is 11.5 Å². The Kier molecular flexibility index (Phi) is 6.33. The van der Waals surface area contributed by atoms with E-state index in [1.54, 1.807) is 16.7 Å². The van der Waals surface area contributed by atoms with E-state index in [9.17, 15) is 14.0 Å². The Morgan fingerprint density at radius 2 is 2.11 bits per heavy atom. The van der Waals surface area contributed by atoms with Gasteiger partial charge in [-0.25, -0.2) is 4.39 Å². The molecule has 1 fully saturated rings. The number of hydrogen-bond donors (Lipinski definition) is 1. The van der Waals surface area contributed by atoms with Gasteiger partial charge in [-0.3, -0.25) is 9.59 Å². The second-order valence-corrected chi connectivity index (χ2v) is 8.10. The minimum absolute atomic E-state index is 0.106. The molecule has 1 N–H and O–H groups in total. The first-order valence-electron chi connectivity index (χ1n) is 9.09. The quantitative estimate of drug-likeness (QED) is 0.793. The molecule has 0 spiro atoms. The fourth-order valence-corrected chi connectivity index (χ4v) is 3.79. The molecule has 2 atom stereocenters. The van der Waals surface area contributed by atoms with Crippen molar-refractivity contribution >= 4 is 23.6 Å². The molecule has 150 valence electrons. The molecule has 0 unspecified atom stereocenters. The van der Waals surface area contributed by atoms with Crippen LogP contribution >= 0.6 is 11.8 Å². The third-order valence-corrected chi connectivity index (χ3v) is 5.21. The van der Waals surface area contributed by atoms with Crippen LogP contribution in [0.5, 0.6) is 0 Å². The molecule has 9 heteroatoms. The topological polar surface area (TPSA) is 88.3 Å². The van der Waals surface area contributed by atoms with Gasteiger partial charge in [0.25, 0.3) is 17.6 Å². The fraction of sp³-hybridized carbons (Fsp3) is 0.474. The van der Waals surface area contributed by atoms with Crippen molar-refractivity contribution in [2.45, 2.75) is 32.4 Å². The summed E-state index contributed by atoms with van der Waals surface area (Å²) in [6.07, 6.45) is 2.50. The number of amides is 2. The Balaban J connectivity index is 1.84. The lowest BCUT2D eigenvalue weighted by Crippen LogP contribution is -2.62. The van der Waals surface area contributed by atoms with Crippen molar-refractivity contribution in [1.82, 2.24) is 20.4 Å². The standard InChI is InChI=1S/C19H23FN4O3S/c1-11(2)8-15-17(25)21-14(10-28-3)9-24(15)19(26)16-22-18(27-23-16)12-4-6-13(20)7-5-12/h4-7,11,14-15H,8-10H2,1-3H3,(H,21,25)/t14-,15+/m1/s1. The van der Waals surface area contributed by atoms with E-state index in [1.807, 2.05) is 20.1 Å². The minimum Gasteiger partial charge on any atom is -0.349 e. The van der Waals surface area contributed by atoms with Crippen LogP contribution in [0.15, 0.2) is 28.8 Å². The van der Waals surface area contributed by atoms with Crippen LogP contribution in [0.3, 0.4) is 0 Å². The van der Waals surface area contributed by atoms with E-state index in [1.165, 1.54) is 24.3 Å². The van der Waals surface area contributed by atoms with Crippen molar-refractivity contribution in [1.29, 1.82) is 0 Å². The average molecular weight is 406 g/mol. The maximum Gasteiger partial charge on any atom is 0.296 e. The molecule has 0 aliphatic carbocycles. The molecule has 2 amide bonds. The Labute approximate surface area is 167 Å². The van der Waals surface area contributed by atoms with Gasteiger partial charge in [0.15, 0.2) is 0 Å². The molecule has 1 aromatic carbocycles. The lowest BCUT2D eigenvalue weighted by molar-refractivity contribution is -0.129. The summed E-state index contributed by atoms with van der Waals surface area (Å²) in [5.74, 6) is -0.00915. The summed E-state index contributed by atoms with van der Waals surface area (Å²) in [6.45, 7) is 4.40. The smallest absolute Gasteiger partial charge is 0.296 e. The Bertz CT molecular complexity index is 840. The molecule has 28 heavy (non-hydrogen) atoms. The number of aromatic nitrogens is 2. The van der Waals surface area contributed by atoms with Crippen molar-refractivity contribution in [3.05, 3.63) is 35.9 Å². The highest BCUT2D eigenvalue weighted by Crippen LogP contribution is 2.22. The van der Waals surface area contributed by atoms with E-state index in [0.717, 1.165) is 0 Å². The zero-order valence-electron chi connectivity index (χ0n) is 16.0. The molecule has 0 saturated carbocycles. The first kappa shape index (κ1) is 20.3. The molecule has 1 saturated heterocycles. The first-order valence-corrected chi connectivity index (χ1v) is 10.5.